The molecule has 3 heterocycles. The number of amides is 2. The first-order chi connectivity index (χ1) is 18.9. The van der Waals surface area contributed by atoms with Crippen LogP contribution in [0.5, 0.6) is 0 Å². The van der Waals surface area contributed by atoms with Gasteiger partial charge in [0.2, 0.25) is 0 Å². The fraction of sp³-hybridized carbons (Fsp3) is 0.212. The molecule has 6 heteroatoms. The minimum Gasteiger partial charge on any atom is -0.308 e. The number of fused-ring (bicyclic) bond motifs is 3. The summed E-state index contributed by atoms with van der Waals surface area (Å²) < 4.78 is 4.24. The van der Waals surface area contributed by atoms with Gasteiger partial charge < -0.3 is 14.8 Å². The maximum atomic E-state index is 14.2. The first-order valence-corrected chi connectivity index (χ1v) is 13.5. The average Bonchev–Trinajstić information content (AvgIpc) is 3.52. The summed E-state index contributed by atoms with van der Waals surface area (Å²) >= 11 is 0. The molecule has 0 saturated carbocycles. The van der Waals surface area contributed by atoms with Crippen LogP contribution in [0.2, 0.25) is 0 Å². The van der Waals surface area contributed by atoms with Crippen LogP contribution in [0.25, 0.3) is 11.5 Å². The van der Waals surface area contributed by atoms with Crippen molar-refractivity contribution in [3.8, 4) is 11.5 Å². The van der Waals surface area contributed by atoms with E-state index < -0.39 is 0 Å². The van der Waals surface area contributed by atoms with Crippen LogP contribution >= 0.6 is 0 Å². The molecule has 3 aromatic carbocycles. The molecule has 5 aromatic rings. The van der Waals surface area contributed by atoms with Crippen molar-refractivity contribution in [1.29, 1.82) is 0 Å². The lowest BCUT2D eigenvalue weighted by molar-refractivity contribution is 0.194. The Hall–Kier alpha value is -4.58. The third kappa shape index (κ3) is 4.42. The van der Waals surface area contributed by atoms with E-state index in [1.165, 1.54) is 0 Å². The monoisotopic (exact) mass is 515 g/mol. The van der Waals surface area contributed by atoms with Crippen LogP contribution in [-0.4, -0.2) is 25.3 Å². The van der Waals surface area contributed by atoms with Gasteiger partial charge in [0.1, 0.15) is 5.82 Å². The normalized spacial score (nSPS) is 14.5. The molecule has 0 spiro atoms. The molecule has 0 fully saturated rings. The van der Waals surface area contributed by atoms with Gasteiger partial charge in [-0.25, -0.2) is 9.48 Å². The lowest BCUT2D eigenvalue weighted by atomic mass is 10.00. The molecule has 0 saturated heterocycles. The molecule has 2 amide bonds. The minimum absolute atomic E-state index is 0.134. The van der Waals surface area contributed by atoms with Gasteiger partial charge in [-0.15, -0.1) is 0 Å². The number of nitrogens with one attached hydrogen (secondary N) is 1. The van der Waals surface area contributed by atoms with Gasteiger partial charge in [-0.1, -0.05) is 67.1 Å². The quantitative estimate of drug-likeness (QED) is 0.273. The van der Waals surface area contributed by atoms with Crippen LogP contribution in [0.15, 0.2) is 91.1 Å². The summed E-state index contributed by atoms with van der Waals surface area (Å²) in [6, 6.07) is 28.6. The van der Waals surface area contributed by atoms with E-state index in [1.807, 2.05) is 53.8 Å². The molecular weight excluding hydrogens is 482 g/mol. The zero-order valence-corrected chi connectivity index (χ0v) is 22.8. The van der Waals surface area contributed by atoms with Gasteiger partial charge in [-0.3, -0.25) is 0 Å². The Balaban J connectivity index is 1.56. The largest absolute Gasteiger partial charge is 0.322 e. The van der Waals surface area contributed by atoms with Crippen molar-refractivity contribution in [1.82, 2.24) is 19.2 Å². The van der Waals surface area contributed by atoms with Gasteiger partial charge in [-0.05, 0) is 74.2 Å². The summed E-state index contributed by atoms with van der Waals surface area (Å²) in [7, 11) is 0. The SMILES string of the molecule is CCc1nn(-c2ccccc2)c2c1CN(C(=O)Nc1cc(C)ccc1C)C(c1cccc(C)c1)c1cccn1-2. The van der Waals surface area contributed by atoms with E-state index in [4.69, 9.17) is 5.10 Å². The summed E-state index contributed by atoms with van der Waals surface area (Å²) in [6.07, 6.45) is 2.85. The second kappa shape index (κ2) is 9.95. The molecule has 196 valence electrons. The second-order valence-corrected chi connectivity index (χ2v) is 10.3. The number of anilines is 1. The van der Waals surface area contributed by atoms with Crippen LogP contribution in [0.1, 0.15) is 52.2 Å². The Morgan fingerprint density at radius 3 is 2.49 bits per heavy atom. The number of benzene rings is 3. The van der Waals surface area contributed by atoms with Gasteiger partial charge in [0.15, 0.2) is 0 Å². The molecule has 1 unspecified atom stereocenters. The molecule has 0 aliphatic carbocycles. The average molecular weight is 516 g/mol. The first kappa shape index (κ1) is 24.7. The van der Waals surface area contributed by atoms with Crippen LogP contribution in [-0.2, 0) is 13.0 Å². The number of carbonyl (C=O) groups excluding carboxylic acids is 1. The van der Waals surface area contributed by atoms with E-state index in [-0.39, 0.29) is 12.1 Å². The molecule has 0 radical (unpaired) electrons. The zero-order valence-electron chi connectivity index (χ0n) is 22.8. The number of urea groups is 1. The van der Waals surface area contributed by atoms with E-state index in [0.717, 1.165) is 62.8 Å². The van der Waals surface area contributed by atoms with Crippen molar-refractivity contribution in [3.63, 3.8) is 0 Å². The Kier molecular flexibility index (Phi) is 6.31. The third-order valence-electron chi connectivity index (χ3n) is 7.56. The van der Waals surface area contributed by atoms with Gasteiger partial charge in [-0.2, -0.15) is 5.10 Å². The molecule has 1 aliphatic rings. The highest BCUT2D eigenvalue weighted by Crippen LogP contribution is 2.39. The van der Waals surface area contributed by atoms with Crippen LogP contribution in [0.4, 0.5) is 10.5 Å². The van der Waals surface area contributed by atoms with Crippen LogP contribution in [0, 0.1) is 20.8 Å². The highest BCUT2D eigenvalue weighted by Gasteiger charge is 2.36. The molecule has 6 nitrogen and oxygen atoms in total. The number of rotatable bonds is 4. The smallest absolute Gasteiger partial charge is 0.308 e. The summed E-state index contributed by atoms with van der Waals surface area (Å²) in [4.78, 5) is 16.2. The fourth-order valence-electron chi connectivity index (χ4n) is 5.60. The number of aromatic nitrogens is 3. The topological polar surface area (TPSA) is 55.1 Å². The molecule has 2 aromatic heterocycles. The Morgan fingerprint density at radius 2 is 1.72 bits per heavy atom. The molecule has 6 rings (SSSR count). The Morgan fingerprint density at radius 1 is 0.923 bits per heavy atom. The van der Waals surface area contributed by atoms with Crippen LogP contribution in [0.3, 0.4) is 0 Å². The summed E-state index contributed by atoms with van der Waals surface area (Å²) in [6.45, 7) is 8.72. The number of hydrogen-bond donors (Lipinski definition) is 1. The maximum Gasteiger partial charge on any atom is 0.322 e. The van der Waals surface area contributed by atoms with Crippen molar-refractivity contribution in [2.45, 2.75) is 46.7 Å². The van der Waals surface area contributed by atoms with E-state index in [0.29, 0.717) is 6.54 Å². The predicted molar refractivity (Wildman–Crippen MR) is 156 cm³/mol. The third-order valence-corrected chi connectivity index (χ3v) is 7.56. The highest BCUT2D eigenvalue weighted by atomic mass is 16.2. The number of para-hydroxylation sites is 1. The zero-order chi connectivity index (χ0) is 27.1. The lowest BCUT2D eigenvalue weighted by Crippen LogP contribution is -2.38. The molecule has 0 bridgehead atoms. The Labute approximate surface area is 229 Å². The molecule has 1 atom stereocenters. The lowest BCUT2D eigenvalue weighted by Gasteiger charge is -2.31. The van der Waals surface area contributed by atoms with Crippen molar-refractivity contribution < 1.29 is 4.79 Å². The van der Waals surface area contributed by atoms with Crippen LogP contribution < -0.4 is 5.32 Å². The van der Waals surface area contributed by atoms with Crippen molar-refractivity contribution in [2.24, 2.45) is 0 Å². The second-order valence-electron chi connectivity index (χ2n) is 10.3. The minimum atomic E-state index is -0.286. The summed E-state index contributed by atoms with van der Waals surface area (Å²) in [5, 5.41) is 8.30. The van der Waals surface area contributed by atoms with E-state index in [2.05, 4.69) is 84.5 Å². The number of aryl methyl sites for hydroxylation is 4. The fourth-order valence-corrected chi connectivity index (χ4v) is 5.60. The maximum absolute atomic E-state index is 14.2. The van der Waals surface area contributed by atoms with Crippen molar-refractivity contribution >= 4 is 11.7 Å². The Bertz CT molecular complexity index is 1660. The van der Waals surface area contributed by atoms with Gasteiger partial charge in [0.25, 0.3) is 0 Å². The summed E-state index contributed by atoms with van der Waals surface area (Å²) in [5.74, 6) is 0.984. The number of hydrogen-bond acceptors (Lipinski definition) is 2. The molecule has 1 N–H and O–H groups in total. The van der Waals surface area contributed by atoms with E-state index >= 15 is 0 Å². The number of carbonyl (C=O) groups is 1. The van der Waals surface area contributed by atoms with Gasteiger partial charge in [0.05, 0.1) is 29.7 Å². The summed E-state index contributed by atoms with van der Waals surface area (Å²) in [5.41, 5.74) is 9.28. The number of nitrogens with zero attached hydrogens (tertiary/aromatic N) is 4. The van der Waals surface area contributed by atoms with Gasteiger partial charge >= 0.3 is 6.03 Å². The van der Waals surface area contributed by atoms with E-state index in [9.17, 15) is 4.79 Å². The van der Waals surface area contributed by atoms with Crippen molar-refractivity contribution in [2.75, 3.05) is 5.32 Å². The molecular formula is C33H33N5O. The predicted octanol–water partition coefficient (Wildman–Crippen LogP) is 7.29. The van der Waals surface area contributed by atoms with E-state index in [1.54, 1.807) is 0 Å². The van der Waals surface area contributed by atoms with Gasteiger partial charge in [0, 0.05) is 17.4 Å². The van der Waals surface area contributed by atoms with Crippen molar-refractivity contribution in [3.05, 3.63) is 130 Å². The first-order valence-electron chi connectivity index (χ1n) is 13.5. The standard InChI is InChI=1S/C33H33N5O/c1-5-28-27-21-37(33(39)34-29-20-23(3)16-17-24(29)4)31(25-12-9-11-22(2)19-25)30-15-10-18-36(30)32(27)38(35-28)26-13-7-6-8-14-26/h6-20,31H,5,21H2,1-4H3,(H,34,39). The highest BCUT2D eigenvalue weighted by molar-refractivity contribution is 5.91. The molecule has 39 heavy (non-hydrogen) atoms. The molecule has 1 aliphatic heterocycles.